The highest BCUT2D eigenvalue weighted by molar-refractivity contribution is 7.51. The van der Waals surface area contributed by atoms with Crippen LogP contribution in [-0.2, 0) is 27.8 Å². The lowest BCUT2D eigenvalue weighted by Gasteiger charge is -2.24. The summed E-state index contributed by atoms with van der Waals surface area (Å²) in [5, 5.41) is 8.60. The topological polar surface area (TPSA) is 166 Å². The van der Waals surface area contributed by atoms with E-state index in [1.165, 1.54) is 13.3 Å². The predicted octanol–water partition coefficient (Wildman–Crippen LogP) is 0.270. The van der Waals surface area contributed by atoms with Gasteiger partial charge in [0.2, 0.25) is 0 Å². The van der Waals surface area contributed by atoms with Crippen molar-refractivity contribution in [3.05, 3.63) is 33.1 Å². The highest BCUT2D eigenvalue weighted by Gasteiger charge is 2.65. The van der Waals surface area contributed by atoms with Gasteiger partial charge in [0.1, 0.15) is 12.2 Å². The first-order valence-electron chi connectivity index (χ1n) is 7.92. The third-order valence-electron chi connectivity index (χ3n) is 4.52. The van der Waals surface area contributed by atoms with Gasteiger partial charge in [-0.2, -0.15) is 0 Å². The lowest BCUT2D eigenvalue weighted by molar-refractivity contribution is -0.130. The van der Waals surface area contributed by atoms with Crippen molar-refractivity contribution in [2.75, 3.05) is 13.8 Å². The Kier molecular flexibility index (Phi) is 5.81. The van der Waals surface area contributed by atoms with Gasteiger partial charge in [0.15, 0.2) is 11.9 Å². The van der Waals surface area contributed by atoms with Crippen molar-refractivity contribution < 1.29 is 38.0 Å². The molecule has 0 aromatic carbocycles. The molecule has 3 N–H and O–H groups in total. The van der Waals surface area contributed by atoms with Crippen LogP contribution < -0.4 is 11.2 Å². The Bertz CT molecular complexity index is 878. The van der Waals surface area contributed by atoms with E-state index in [2.05, 4.69) is 9.66 Å². The largest absolute Gasteiger partial charge is 0.542 e. The molecule has 150 valence electrons. The molecule has 1 aromatic heterocycles. The number of nitrogens with one attached hydrogen (secondary N) is 1. The molecule has 0 bridgehead atoms. The van der Waals surface area contributed by atoms with Gasteiger partial charge in [-0.15, -0.1) is 0 Å². The molecule has 12 nitrogen and oxygen atoms in total. The van der Waals surface area contributed by atoms with Crippen LogP contribution in [0.3, 0.4) is 0 Å². The zero-order valence-corrected chi connectivity index (χ0v) is 16.1. The summed E-state index contributed by atoms with van der Waals surface area (Å²) in [5.41, 5.74) is -1.88. The van der Waals surface area contributed by atoms with E-state index in [9.17, 15) is 23.6 Å². The third kappa shape index (κ3) is 4.28. The van der Waals surface area contributed by atoms with E-state index >= 15 is 0 Å². The minimum atomic E-state index is -3.96. The number of aromatic amines is 1. The maximum absolute atomic E-state index is 12.1. The summed E-state index contributed by atoms with van der Waals surface area (Å²) < 4.78 is 45.0. The average Bonchev–Trinajstić information content (AvgIpc) is 3.30. The quantitative estimate of drug-likeness (QED) is 0.313. The van der Waals surface area contributed by atoms with Crippen LogP contribution in [0.1, 0.15) is 12.6 Å². The molecule has 1 saturated carbocycles. The first kappa shape index (κ1) is 20.5. The second-order valence-corrected chi connectivity index (χ2v) is 9.63. The van der Waals surface area contributed by atoms with E-state index in [0.29, 0.717) is 6.42 Å². The standard InChI is InChI=1S/C13H18N2O10P2/c1-22-11-10(24-27(2,20)21)9(6-5-7(6)26(19)25-18)23-12(11)15-4-3-8(16)14-13(15)17/h3-4,6-7,9-12H,5H2,1-2H3,(H2-,14,16,17,18,20,21)/p+1. The number of aromatic nitrogens is 2. The molecule has 1 saturated heterocycles. The molecule has 27 heavy (non-hydrogen) atoms. The van der Waals surface area contributed by atoms with Gasteiger partial charge in [0.05, 0.1) is 6.10 Å². The normalized spacial score (nSPS) is 35.6. The monoisotopic (exact) mass is 425 g/mol. The maximum atomic E-state index is 12.1. The molecule has 3 rings (SSSR count). The lowest BCUT2D eigenvalue weighted by Crippen LogP contribution is -2.39. The molecule has 2 heterocycles. The molecule has 8 atom stereocenters. The first-order valence-corrected chi connectivity index (χ1v) is 11.2. The van der Waals surface area contributed by atoms with E-state index in [-0.39, 0.29) is 0 Å². The number of ether oxygens (including phenoxy) is 2. The first-order chi connectivity index (χ1) is 12.7. The van der Waals surface area contributed by atoms with Gasteiger partial charge in [-0.1, -0.05) is 0 Å². The summed E-state index contributed by atoms with van der Waals surface area (Å²) in [6.45, 7) is 0.998. The van der Waals surface area contributed by atoms with E-state index in [1.807, 2.05) is 0 Å². The Labute approximate surface area is 153 Å². The van der Waals surface area contributed by atoms with E-state index in [1.54, 1.807) is 0 Å². The summed E-state index contributed by atoms with van der Waals surface area (Å²) in [6, 6.07) is 1.12. The van der Waals surface area contributed by atoms with Crippen molar-refractivity contribution >= 4 is 15.6 Å². The van der Waals surface area contributed by atoms with Gasteiger partial charge in [0, 0.05) is 43.1 Å². The Morgan fingerprint density at radius 3 is 2.67 bits per heavy atom. The molecule has 2 fully saturated rings. The fraction of sp³-hybridized carbons (Fsp3) is 0.692. The van der Waals surface area contributed by atoms with Gasteiger partial charge in [-0.05, 0) is 4.57 Å². The van der Waals surface area contributed by atoms with Gasteiger partial charge >= 0.3 is 21.3 Å². The molecule has 0 radical (unpaired) electrons. The lowest BCUT2D eigenvalue weighted by atomic mass is 10.1. The second kappa shape index (κ2) is 7.65. The highest BCUT2D eigenvalue weighted by Crippen LogP contribution is 2.57. The molecule has 1 aliphatic carbocycles. The van der Waals surface area contributed by atoms with Crippen LogP contribution in [0, 0.1) is 5.92 Å². The SMILES string of the molecule is COC1C(OP(C)(=O)O)C(C2CC2[P+](=O)OO)OC1n1ccc(=O)[nH]c1=O. The van der Waals surface area contributed by atoms with Crippen LogP contribution >= 0.6 is 15.6 Å². The Morgan fingerprint density at radius 1 is 1.41 bits per heavy atom. The van der Waals surface area contributed by atoms with Crippen molar-refractivity contribution in [3.8, 4) is 0 Å². The fourth-order valence-corrected chi connectivity index (χ4v) is 5.02. The van der Waals surface area contributed by atoms with E-state index in [0.717, 1.165) is 17.3 Å². The predicted molar refractivity (Wildman–Crippen MR) is 89.9 cm³/mol. The second-order valence-electron chi connectivity index (χ2n) is 6.42. The van der Waals surface area contributed by atoms with Crippen molar-refractivity contribution in [2.24, 2.45) is 5.92 Å². The zero-order chi connectivity index (χ0) is 19.9. The van der Waals surface area contributed by atoms with Crippen LogP contribution in [0.25, 0.3) is 0 Å². The van der Waals surface area contributed by atoms with Crippen LogP contribution in [0.2, 0.25) is 0 Å². The van der Waals surface area contributed by atoms with Crippen molar-refractivity contribution in [2.45, 2.75) is 36.6 Å². The minimum absolute atomic E-state index is 0.364. The Balaban J connectivity index is 1.94. The molecule has 0 spiro atoms. The Morgan fingerprint density at radius 2 is 2.11 bits per heavy atom. The number of hydrogen-bond donors (Lipinski definition) is 3. The summed E-state index contributed by atoms with van der Waals surface area (Å²) in [6.07, 6.45) is -2.36. The summed E-state index contributed by atoms with van der Waals surface area (Å²) >= 11 is 0. The summed E-state index contributed by atoms with van der Waals surface area (Å²) in [4.78, 5) is 35.2. The molecule has 8 unspecified atom stereocenters. The van der Waals surface area contributed by atoms with Gasteiger partial charge in [-0.25, -0.2) is 10.1 Å². The van der Waals surface area contributed by atoms with Crippen molar-refractivity contribution in [3.63, 3.8) is 0 Å². The molecule has 2 aliphatic rings. The van der Waals surface area contributed by atoms with Crippen molar-refractivity contribution in [1.82, 2.24) is 9.55 Å². The van der Waals surface area contributed by atoms with E-state index in [4.69, 9.17) is 19.3 Å². The number of nitrogens with zero attached hydrogens (tertiary/aromatic N) is 1. The molecule has 1 aromatic rings. The molecular weight excluding hydrogens is 406 g/mol. The van der Waals surface area contributed by atoms with Gasteiger partial charge in [0.25, 0.3) is 5.56 Å². The summed E-state index contributed by atoms with van der Waals surface area (Å²) in [5.74, 6) is -0.404. The zero-order valence-electron chi connectivity index (χ0n) is 14.3. The molecule has 14 heteroatoms. The highest BCUT2D eigenvalue weighted by atomic mass is 31.2. The maximum Gasteiger partial charge on any atom is 0.542 e. The van der Waals surface area contributed by atoms with E-state index < -0.39 is 63.0 Å². The minimum Gasteiger partial charge on any atom is -0.374 e. The molecule has 1 aliphatic heterocycles. The number of H-pyrrole nitrogens is 1. The number of hydrogen-bond acceptors (Lipinski definition) is 9. The third-order valence-corrected chi connectivity index (χ3v) is 6.45. The van der Waals surface area contributed by atoms with Crippen molar-refractivity contribution in [1.29, 1.82) is 0 Å². The number of rotatable bonds is 7. The molecule has 0 amide bonds. The number of methoxy groups -OCH3 is 1. The molecular formula is C13H19N2O10P2+. The van der Waals surface area contributed by atoms with Crippen LogP contribution in [0.4, 0.5) is 0 Å². The van der Waals surface area contributed by atoms with Crippen LogP contribution in [-0.4, -0.2) is 57.4 Å². The van der Waals surface area contributed by atoms with Crippen LogP contribution in [0.5, 0.6) is 0 Å². The van der Waals surface area contributed by atoms with Gasteiger partial charge < -0.3 is 14.4 Å². The van der Waals surface area contributed by atoms with Crippen LogP contribution in [0.15, 0.2) is 21.9 Å². The smallest absolute Gasteiger partial charge is 0.374 e. The Hall–Kier alpha value is -1.23. The fourth-order valence-electron chi connectivity index (χ4n) is 3.31. The van der Waals surface area contributed by atoms with Gasteiger partial charge in [-0.3, -0.25) is 23.4 Å². The summed E-state index contributed by atoms with van der Waals surface area (Å²) in [7, 11) is -5.00. The average molecular weight is 425 g/mol.